The molecule has 0 amide bonds. The van der Waals surface area contributed by atoms with Crippen LogP contribution in [0.1, 0.15) is 19.5 Å². The minimum atomic E-state index is -0.241. The van der Waals surface area contributed by atoms with Gasteiger partial charge in [-0.15, -0.1) is 0 Å². The van der Waals surface area contributed by atoms with E-state index in [1.165, 1.54) is 4.68 Å². The highest BCUT2D eigenvalue weighted by Crippen LogP contribution is 2.09. The van der Waals surface area contributed by atoms with Gasteiger partial charge in [0.15, 0.2) is 0 Å². The Morgan fingerprint density at radius 3 is 2.71 bits per heavy atom. The molecular formula is C9H17N3O2. The van der Waals surface area contributed by atoms with Gasteiger partial charge in [-0.05, 0) is 12.3 Å². The Bertz CT molecular complexity index is 351. The third-order valence-corrected chi connectivity index (χ3v) is 2.01. The molecule has 0 spiro atoms. The van der Waals surface area contributed by atoms with Crippen LogP contribution in [0.3, 0.4) is 0 Å². The van der Waals surface area contributed by atoms with Crippen molar-refractivity contribution in [1.29, 1.82) is 0 Å². The Balaban J connectivity index is 2.96. The largest absolute Gasteiger partial charge is 0.394 e. The van der Waals surface area contributed by atoms with Crippen LogP contribution in [0.15, 0.2) is 4.79 Å². The first kappa shape index (κ1) is 10.8. The van der Waals surface area contributed by atoms with Gasteiger partial charge in [-0.2, -0.15) is 0 Å². The van der Waals surface area contributed by atoms with E-state index in [4.69, 9.17) is 10.8 Å². The van der Waals surface area contributed by atoms with Crippen molar-refractivity contribution in [2.75, 3.05) is 12.3 Å². The van der Waals surface area contributed by atoms with Crippen LogP contribution in [0.5, 0.6) is 0 Å². The smallest absolute Gasteiger partial charge is 0.289 e. The Kier molecular flexibility index (Phi) is 3.35. The average molecular weight is 199 g/mol. The maximum Gasteiger partial charge on any atom is 0.289 e. The molecule has 0 unspecified atom stereocenters. The van der Waals surface area contributed by atoms with Crippen LogP contribution < -0.4 is 11.3 Å². The molecule has 0 atom stereocenters. The zero-order chi connectivity index (χ0) is 10.7. The van der Waals surface area contributed by atoms with E-state index in [2.05, 4.69) is 18.9 Å². The van der Waals surface area contributed by atoms with E-state index in [0.29, 0.717) is 5.92 Å². The Morgan fingerprint density at radius 1 is 1.57 bits per heavy atom. The number of aromatic amines is 1. The van der Waals surface area contributed by atoms with E-state index < -0.39 is 0 Å². The maximum atomic E-state index is 11.5. The first-order valence-electron chi connectivity index (χ1n) is 4.74. The van der Waals surface area contributed by atoms with Crippen LogP contribution in [0.25, 0.3) is 0 Å². The molecule has 1 aromatic heterocycles. The van der Waals surface area contributed by atoms with Crippen LogP contribution in [-0.2, 0) is 13.0 Å². The molecular weight excluding hydrogens is 182 g/mol. The lowest BCUT2D eigenvalue weighted by Crippen LogP contribution is -2.20. The summed E-state index contributed by atoms with van der Waals surface area (Å²) < 4.78 is 1.34. The predicted octanol–water partition coefficient (Wildman–Crippen LogP) is -0.0506. The van der Waals surface area contributed by atoms with Gasteiger partial charge in [0, 0.05) is 0 Å². The van der Waals surface area contributed by atoms with Crippen molar-refractivity contribution in [2.45, 2.75) is 26.8 Å². The molecule has 0 aromatic carbocycles. The molecule has 14 heavy (non-hydrogen) atoms. The van der Waals surface area contributed by atoms with Gasteiger partial charge in [0.25, 0.3) is 5.56 Å². The summed E-state index contributed by atoms with van der Waals surface area (Å²) in [6.07, 6.45) is 0.750. The number of aromatic nitrogens is 2. The van der Waals surface area contributed by atoms with Crippen LogP contribution in [0, 0.1) is 5.92 Å². The van der Waals surface area contributed by atoms with E-state index in [1.54, 1.807) is 0 Å². The number of hydrogen-bond acceptors (Lipinski definition) is 3. The molecule has 0 fully saturated rings. The number of rotatable bonds is 4. The first-order valence-corrected chi connectivity index (χ1v) is 4.74. The average Bonchev–Trinajstić information content (AvgIpc) is 2.34. The molecule has 0 saturated heterocycles. The number of hydrogen-bond donors (Lipinski definition) is 3. The number of nitrogen functional groups attached to an aromatic ring is 1. The first-order chi connectivity index (χ1) is 6.56. The van der Waals surface area contributed by atoms with Crippen molar-refractivity contribution in [3.05, 3.63) is 16.0 Å². The summed E-state index contributed by atoms with van der Waals surface area (Å²) in [6, 6.07) is 0. The Labute approximate surface area is 82.5 Å². The fraction of sp³-hybridized carbons (Fsp3) is 0.667. The lowest BCUT2D eigenvalue weighted by molar-refractivity contribution is 0.267. The molecule has 5 nitrogen and oxygen atoms in total. The Morgan fingerprint density at radius 2 is 2.21 bits per heavy atom. The molecule has 4 N–H and O–H groups in total. The molecule has 80 valence electrons. The van der Waals surface area contributed by atoms with Crippen LogP contribution in [0.4, 0.5) is 5.69 Å². The summed E-state index contributed by atoms with van der Waals surface area (Å²) >= 11 is 0. The van der Waals surface area contributed by atoms with E-state index in [-0.39, 0.29) is 24.4 Å². The molecule has 0 bridgehead atoms. The summed E-state index contributed by atoms with van der Waals surface area (Å²) in [6.45, 7) is 4.31. The van der Waals surface area contributed by atoms with Gasteiger partial charge in [-0.3, -0.25) is 9.89 Å². The third-order valence-electron chi connectivity index (χ3n) is 2.01. The lowest BCUT2D eigenvalue weighted by atomic mass is 10.1. The minimum absolute atomic E-state index is 0.0685. The summed E-state index contributed by atoms with van der Waals surface area (Å²) in [7, 11) is 0. The van der Waals surface area contributed by atoms with E-state index in [0.717, 1.165) is 12.1 Å². The van der Waals surface area contributed by atoms with Gasteiger partial charge < -0.3 is 10.8 Å². The SMILES string of the molecule is CC(C)Cc1[nH]n(CCO)c(=O)c1N. The van der Waals surface area contributed by atoms with E-state index in [1.807, 2.05) is 0 Å². The number of aliphatic hydroxyl groups excluding tert-OH is 1. The van der Waals surface area contributed by atoms with Crippen molar-refractivity contribution >= 4 is 5.69 Å². The Hall–Kier alpha value is -1.23. The highest BCUT2D eigenvalue weighted by molar-refractivity contribution is 5.40. The van der Waals surface area contributed by atoms with Crippen molar-refractivity contribution in [3.8, 4) is 0 Å². The van der Waals surface area contributed by atoms with Gasteiger partial charge >= 0.3 is 0 Å². The number of aliphatic hydroxyl groups is 1. The topological polar surface area (TPSA) is 84.0 Å². The minimum Gasteiger partial charge on any atom is -0.394 e. The molecule has 0 radical (unpaired) electrons. The molecule has 5 heteroatoms. The predicted molar refractivity (Wildman–Crippen MR) is 55.1 cm³/mol. The molecule has 0 aliphatic carbocycles. The summed E-state index contributed by atoms with van der Waals surface area (Å²) in [5.74, 6) is 0.443. The van der Waals surface area contributed by atoms with E-state index in [9.17, 15) is 4.79 Å². The number of nitrogens with two attached hydrogens (primary N) is 1. The lowest BCUT2D eigenvalue weighted by Gasteiger charge is -2.02. The highest BCUT2D eigenvalue weighted by atomic mass is 16.3. The van der Waals surface area contributed by atoms with Gasteiger partial charge in [-0.25, -0.2) is 4.68 Å². The van der Waals surface area contributed by atoms with Crippen molar-refractivity contribution in [3.63, 3.8) is 0 Å². The van der Waals surface area contributed by atoms with Crippen molar-refractivity contribution < 1.29 is 5.11 Å². The van der Waals surface area contributed by atoms with Gasteiger partial charge in [0.1, 0.15) is 5.69 Å². The fourth-order valence-electron chi connectivity index (χ4n) is 1.37. The number of H-pyrrole nitrogens is 1. The van der Waals surface area contributed by atoms with E-state index >= 15 is 0 Å². The monoisotopic (exact) mass is 199 g/mol. The van der Waals surface area contributed by atoms with Crippen LogP contribution >= 0.6 is 0 Å². The second-order valence-corrected chi connectivity index (χ2v) is 3.78. The summed E-state index contributed by atoms with van der Waals surface area (Å²) in [5.41, 5.74) is 6.43. The van der Waals surface area contributed by atoms with Crippen LogP contribution in [-0.4, -0.2) is 21.5 Å². The molecule has 0 aliphatic rings. The molecule has 0 saturated carbocycles. The second kappa shape index (κ2) is 4.32. The zero-order valence-electron chi connectivity index (χ0n) is 8.58. The maximum absolute atomic E-state index is 11.5. The van der Waals surface area contributed by atoms with Crippen LogP contribution in [0.2, 0.25) is 0 Å². The third kappa shape index (κ3) is 2.17. The fourth-order valence-corrected chi connectivity index (χ4v) is 1.37. The number of anilines is 1. The highest BCUT2D eigenvalue weighted by Gasteiger charge is 2.11. The number of nitrogens with zero attached hydrogens (tertiary/aromatic N) is 1. The zero-order valence-corrected chi connectivity index (χ0v) is 8.58. The van der Waals surface area contributed by atoms with Gasteiger partial charge in [0.05, 0.1) is 18.8 Å². The van der Waals surface area contributed by atoms with Crippen molar-refractivity contribution in [2.24, 2.45) is 5.92 Å². The second-order valence-electron chi connectivity index (χ2n) is 3.78. The molecule has 1 heterocycles. The molecule has 0 aliphatic heterocycles. The quantitative estimate of drug-likeness (QED) is 0.635. The summed E-state index contributed by atoms with van der Waals surface area (Å²) in [4.78, 5) is 11.5. The molecule has 1 aromatic rings. The van der Waals surface area contributed by atoms with Crippen molar-refractivity contribution in [1.82, 2.24) is 9.78 Å². The summed E-state index contributed by atoms with van der Waals surface area (Å²) in [5, 5.41) is 11.6. The molecule has 1 rings (SSSR count). The standard InChI is InChI=1S/C9H17N3O2/c1-6(2)5-7-8(10)9(14)12(11-7)3-4-13/h6,11,13H,3-5,10H2,1-2H3. The number of nitrogens with one attached hydrogen (secondary N) is 1. The normalized spacial score (nSPS) is 11.1. The van der Waals surface area contributed by atoms with Gasteiger partial charge in [0.2, 0.25) is 0 Å². The van der Waals surface area contributed by atoms with Gasteiger partial charge in [-0.1, -0.05) is 13.8 Å².